The number of carbonyl (C=O) groups is 1. The van der Waals surface area contributed by atoms with E-state index in [1.165, 1.54) is 6.08 Å². The first-order valence-electron chi connectivity index (χ1n) is 4.89. The Morgan fingerprint density at radius 1 is 1.50 bits per heavy atom. The second kappa shape index (κ2) is 3.39. The summed E-state index contributed by atoms with van der Waals surface area (Å²) in [6, 6.07) is 0. The molecule has 0 aromatic heterocycles. The predicted octanol–water partition coefficient (Wildman–Crippen LogP) is 1.63. The molecule has 0 aromatic rings. The topological polar surface area (TPSA) is 38.3 Å². The molecule has 1 saturated heterocycles. The van der Waals surface area contributed by atoms with Crippen LogP contribution in [0.2, 0.25) is 0 Å². The van der Waals surface area contributed by atoms with Gasteiger partial charge in [-0.3, -0.25) is 0 Å². The highest BCUT2D eigenvalue weighted by atomic mass is 16.5. The van der Waals surface area contributed by atoms with E-state index in [1.807, 2.05) is 13.8 Å². The first kappa shape index (κ1) is 11.2. The van der Waals surface area contributed by atoms with Crippen molar-refractivity contribution in [2.45, 2.75) is 51.3 Å². The van der Waals surface area contributed by atoms with E-state index in [0.717, 1.165) is 6.42 Å². The minimum absolute atomic E-state index is 0.0234. The molecule has 0 spiro atoms. The van der Waals surface area contributed by atoms with Crippen molar-refractivity contribution in [3.63, 3.8) is 0 Å². The number of nitrogens with one attached hydrogen (secondary N) is 1. The SMILES string of the molecule is C=CC(=O)OC1CC(C)(C)NC1(C)C. The van der Waals surface area contributed by atoms with Gasteiger partial charge in [0.2, 0.25) is 0 Å². The molecule has 0 radical (unpaired) electrons. The van der Waals surface area contributed by atoms with Gasteiger partial charge in [0.25, 0.3) is 0 Å². The van der Waals surface area contributed by atoms with E-state index in [1.54, 1.807) is 0 Å². The molecule has 1 rings (SSSR count). The molecular formula is C11H19NO2. The predicted molar refractivity (Wildman–Crippen MR) is 56.0 cm³/mol. The molecule has 0 saturated carbocycles. The summed E-state index contributed by atoms with van der Waals surface area (Å²) < 4.78 is 5.29. The van der Waals surface area contributed by atoms with Crippen LogP contribution in [0, 0.1) is 0 Å². The molecule has 1 aliphatic heterocycles. The summed E-state index contributed by atoms with van der Waals surface area (Å²) >= 11 is 0. The van der Waals surface area contributed by atoms with E-state index in [4.69, 9.17) is 4.74 Å². The molecule has 80 valence electrons. The van der Waals surface area contributed by atoms with E-state index in [-0.39, 0.29) is 23.2 Å². The summed E-state index contributed by atoms with van der Waals surface area (Å²) in [5.41, 5.74) is -0.141. The Morgan fingerprint density at radius 3 is 2.43 bits per heavy atom. The Hall–Kier alpha value is -0.830. The van der Waals surface area contributed by atoms with Gasteiger partial charge >= 0.3 is 5.97 Å². The van der Waals surface area contributed by atoms with Crippen molar-refractivity contribution in [2.24, 2.45) is 0 Å². The van der Waals surface area contributed by atoms with Crippen LogP contribution in [-0.2, 0) is 9.53 Å². The normalized spacial score (nSPS) is 28.4. The maximum Gasteiger partial charge on any atom is 0.330 e. The Bertz CT molecular complexity index is 256. The zero-order chi connectivity index (χ0) is 11.0. The van der Waals surface area contributed by atoms with Crippen LogP contribution in [0.25, 0.3) is 0 Å². The fourth-order valence-corrected chi connectivity index (χ4v) is 2.10. The van der Waals surface area contributed by atoms with Gasteiger partial charge in [-0.2, -0.15) is 0 Å². The van der Waals surface area contributed by atoms with E-state index in [2.05, 4.69) is 25.7 Å². The number of esters is 1. The third-order valence-corrected chi connectivity index (χ3v) is 2.59. The molecule has 3 nitrogen and oxygen atoms in total. The van der Waals surface area contributed by atoms with Gasteiger partial charge in [0, 0.05) is 18.0 Å². The summed E-state index contributed by atoms with van der Waals surface area (Å²) in [5.74, 6) is -0.345. The van der Waals surface area contributed by atoms with Gasteiger partial charge in [-0.25, -0.2) is 4.79 Å². The second-order valence-electron chi connectivity index (χ2n) is 5.06. The molecule has 1 atom stereocenters. The standard InChI is InChI=1S/C11H19NO2/c1-6-9(13)14-8-7-10(2,3)12-11(8,4)5/h6,8,12H,1,7H2,2-5H3. The van der Waals surface area contributed by atoms with E-state index in [9.17, 15) is 4.79 Å². The van der Waals surface area contributed by atoms with Crippen molar-refractivity contribution in [3.8, 4) is 0 Å². The van der Waals surface area contributed by atoms with Crippen molar-refractivity contribution in [1.29, 1.82) is 0 Å². The minimum atomic E-state index is -0.345. The zero-order valence-electron chi connectivity index (χ0n) is 9.39. The number of hydrogen-bond acceptors (Lipinski definition) is 3. The fourth-order valence-electron chi connectivity index (χ4n) is 2.10. The highest BCUT2D eigenvalue weighted by Crippen LogP contribution is 2.32. The van der Waals surface area contributed by atoms with E-state index >= 15 is 0 Å². The quantitative estimate of drug-likeness (QED) is 0.540. The highest BCUT2D eigenvalue weighted by Gasteiger charge is 2.46. The molecular weight excluding hydrogens is 178 g/mol. The monoisotopic (exact) mass is 197 g/mol. The smallest absolute Gasteiger partial charge is 0.330 e. The van der Waals surface area contributed by atoms with Crippen LogP contribution >= 0.6 is 0 Å². The van der Waals surface area contributed by atoms with Crippen LogP contribution < -0.4 is 5.32 Å². The maximum absolute atomic E-state index is 11.1. The van der Waals surface area contributed by atoms with Gasteiger partial charge in [0.15, 0.2) is 0 Å². The molecule has 1 heterocycles. The van der Waals surface area contributed by atoms with Crippen LogP contribution in [0.15, 0.2) is 12.7 Å². The molecule has 14 heavy (non-hydrogen) atoms. The fraction of sp³-hybridized carbons (Fsp3) is 0.727. The van der Waals surface area contributed by atoms with Crippen molar-refractivity contribution in [3.05, 3.63) is 12.7 Å². The molecule has 1 N–H and O–H groups in total. The highest BCUT2D eigenvalue weighted by molar-refractivity contribution is 5.81. The largest absolute Gasteiger partial charge is 0.457 e. The Labute approximate surface area is 85.5 Å². The molecule has 0 amide bonds. The zero-order valence-corrected chi connectivity index (χ0v) is 9.39. The summed E-state index contributed by atoms with van der Waals surface area (Å²) in [5, 5.41) is 3.44. The number of hydrogen-bond donors (Lipinski definition) is 1. The van der Waals surface area contributed by atoms with Gasteiger partial charge in [0.05, 0.1) is 5.54 Å². The van der Waals surface area contributed by atoms with Gasteiger partial charge in [-0.05, 0) is 27.7 Å². The van der Waals surface area contributed by atoms with Crippen LogP contribution in [0.4, 0.5) is 0 Å². The van der Waals surface area contributed by atoms with Gasteiger partial charge in [-0.15, -0.1) is 0 Å². The van der Waals surface area contributed by atoms with Crippen molar-refractivity contribution in [1.82, 2.24) is 5.32 Å². The van der Waals surface area contributed by atoms with Crippen molar-refractivity contribution < 1.29 is 9.53 Å². The molecule has 0 aliphatic carbocycles. The Balaban J connectivity index is 2.70. The van der Waals surface area contributed by atoms with Gasteiger partial charge in [-0.1, -0.05) is 6.58 Å². The van der Waals surface area contributed by atoms with Crippen molar-refractivity contribution >= 4 is 5.97 Å². The van der Waals surface area contributed by atoms with Crippen molar-refractivity contribution in [2.75, 3.05) is 0 Å². The maximum atomic E-state index is 11.1. The summed E-state index contributed by atoms with van der Waals surface area (Å²) in [4.78, 5) is 11.1. The summed E-state index contributed by atoms with van der Waals surface area (Å²) in [6.07, 6.45) is 1.96. The third-order valence-electron chi connectivity index (χ3n) is 2.59. The lowest BCUT2D eigenvalue weighted by atomic mass is 9.97. The summed E-state index contributed by atoms with van der Waals surface area (Å²) in [7, 11) is 0. The average Bonchev–Trinajstić information content (AvgIpc) is 2.19. The number of carbonyl (C=O) groups excluding carboxylic acids is 1. The van der Waals surface area contributed by atoms with E-state index in [0.29, 0.717) is 0 Å². The third kappa shape index (κ3) is 2.35. The lowest BCUT2D eigenvalue weighted by molar-refractivity contribution is -0.145. The minimum Gasteiger partial charge on any atom is -0.457 e. The van der Waals surface area contributed by atoms with Gasteiger partial charge in [0.1, 0.15) is 6.10 Å². The molecule has 1 aliphatic rings. The summed E-state index contributed by atoms with van der Waals surface area (Å²) in [6.45, 7) is 11.7. The first-order chi connectivity index (χ1) is 6.27. The van der Waals surface area contributed by atoms with Crippen LogP contribution in [0.1, 0.15) is 34.1 Å². The van der Waals surface area contributed by atoms with Gasteiger partial charge < -0.3 is 10.1 Å². The van der Waals surface area contributed by atoms with Crippen LogP contribution in [0.5, 0.6) is 0 Å². The van der Waals surface area contributed by atoms with Crippen LogP contribution in [0.3, 0.4) is 0 Å². The molecule has 1 unspecified atom stereocenters. The van der Waals surface area contributed by atoms with E-state index < -0.39 is 0 Å². The molecule has 1 fully saturated rings. The Kier molecular flexibility index (Phi) is 2.72. The average molecular weight is 197 g/mol. The molecule has 0 bridgehead atoms. The lowest BCUT2D eigenvalue weighted by Crippen LogP contribution is -2.47. The molecule has 0 aromatic carbocycles. The lowest BCUT2D eigenvalue weighted by Gasteiger charge is -2.27. The second-order valence-corrected chi connectivity index (χ2v) is 5.06. The van der Waals surface area contributed by atoms with Crippen LogP contribution in [-0.4, -0.2) is 23.2 Å². The Morgan fingerprint density at radius 2 is 2.07 bits per heavy atom. The number of ether oxygens (including phenoxy) is 1. The number of rotatable bonds is 2. The first-order valence-corrected chi connectivity index (χ1v) is 4.89. The molecule has 3 heteroatoms.